The topological polar surface area (TPSA) is 49.3 Å². The van der Waals surface area contributed by atoms with Crippen LogP contribution in [-0.2, 0) is 6.54 Å². The largest absolute Gasteiger partial charge is 0.493 e. The van der Waals surface area contributed by atoms with Crippen molar-refractivity contribution in [3.8, 4) is 11.5 Å². The van der Waals surface area contributed by atoms with Crippen LogP contribution in [0.15, 0.2) is 23.2 Å². The molecule has 0 saturated carbocycles. The smallest absolute Gasteiger partial charge is 0.193 e. The fourth-order valence-electron chi connectivity index (χ4n) is 4.29. The van der Waals surface area contributed by atoms with E-state index in [-0.39, 0.29) is 0 Å². The Morgan fingerprint density at radius 3 is 2.71 bits per heavy atom. The van der Waals surface area contributed by atoms with E-state index < -0.39 is 0 Å². The molecule has 1 N–H and O–H groups in total. The number of likely N-dealkylation sites (tertiary alicyclic amines) is 2. The van der Waals surface area contributed by atoms with Crippen LogP contribution >= 0.6 is 0 Å². The van der Waals surface area contributed by atoms with Crippen LogP contribution in [0.2, 0.25) is 0 Å². The summed E-state index contributed by atoms with van der Waals surface area (Å²) < 4.78 is 11.1. The lowest BCUT2D eigenvalue weighted by Gasteiger charge is -2.29. The number of nitrogens with one attached hydrogen (secondary N) is 1. The molecule has 0 aromatic heterocycles. The van der Waals surface area contributed by atoms with Gasteiger partial charge >= 0.3 is 0 Å². The molecular weight excluding hydrogens is 352 g/mol. The van der Waals surface area contributed by atoms with Crippen molar-refractivity contribution in [2.45, 2.75) is 39.2 Å². The van der Waals surface area contributed by atoms with Crippen LogP contribution in [0.5, 0.6) is 11.5 Å². The molecule has 2 saturated heterocycles. The zero-order chi connectivity index (χ0) is 19.8. The van der Waals surface area contributed by atoms with Crippen LogP contribution in [0.3, 0.4) is 0 Å². The highest BCUT2D eigenvalue weighted by atomic mass is 16.5. The Hall–Kier alpha value is -1.95. The second kappa shape index (κ2) is 10.6. The molecule has 3 rings (SSSR count). The van der Waals surface area contributed by atoms with Crippen molar-refractivity contribution in [3.63, 3.8) is 0 Å². The summed E-state index contributed by atoms with van der Waals surface area (Å²) in [6.45, 7) is 9.33. The molecule has 0 radical (unpaired) electrons. The first-order valence-corrected chi connectivity index (χ1v) is 10.7. The number of piperidine rings is 1. The number of guanidine groups is 1. The van der Waals surface area contributed by atoms with Crippen LogP contribution in [-0.4, -0.2) is 69.2 Å². The summed E-state index contributed by atoms with van der Waals surface area (Å²) in [5.74, 6) is 3.31. The van der Waals surface area contributed by atoms with Gasteiger partial charge in [0, 0.05) is 33.2 Å². The molecule has 2 aliphatic rings. The predicted octanol–water partition coefficient (Wildman–Crippen LogP) is 2.98. The average molecular weight is 389 g/mol. The van der Waals surface area contributed by atoms with Crippen molar-refractivity contribution in [1.29, 1.82) is 0 Å². The van der Waals surface area contributed by atoms with Crippen molar-refractivity contribution in [2.75, 3.05) is 53.5 Å². The van der Waals surface area contributed by atoms with Crippen LogP contribution in [0, 0.1) is 5.92 Å². The second-order valence-electron chi connectivity index (χ2n) is 7.78. The van der Waals surface area contributed by atoms with Gasteiger partial charge in [-0.3, -0.25) is 4.99 Å². The van der Waals surface area contributed by atoms with Gasteiger partial charge in [0.25, 0.3) is 0 Å². The monoisotopic (exact) mass is 388 g/mol. The molecule has 1 atom stereocenters. The molecule has 2 fully saturated rings. The van der Waals surface area contributed by atoms with Gasteiger partial charge in [0.15, 0.2) is 17.5 Å². The SMILES string of the molecule is CCOc1cc(CNC(=NC)N2CCC(CN3CCCCC3)C2)ccc1OC. The van der Waals surface area contributed by atoms with E-state index in [0.29, 0.717) is 6.61 Å². The second-order valence-corrected chi connectivity index (χ2v) is 7.78. The number of aliphatic imine (C=N–C) groups is 1. The van der Waals surface area contributed by atoms with E-state index in [4.69, 9.17) is 9.47 Å². The van der Waals surface area contributed by atoms with E-state index in [2.05, 4.69) is 26.2 Å². The highest BCUT2D eigenvalue weighted by Crippen LogP contribution is 2.28. The normalized spacial score (nSPS) is 21.0. The van der Waals surface area contributed by atoms with Gasteiger partial charge in [-0.25, -0.2) is 0 Å². The molecule has 1 aromatic rings. The standard InChI is InChI=1S/C22H36N4O2/c1-4-28-21-14-18(8-9-20(21)27-3)15-24-22(23-2)26-13-10-19(17-26)16-25-11-6-5-7-12-25/h8-9,14,19H,4-7,10-13,15-17H2,1-3H3,(H,23,24). The molecule has 1 aromatic carbocycles. The number of rotatable bonds is 7. The van der Waals surface area contributed by atoms with Crippen molar-refractivity contribution in [1.82, 2.24) is 15.1 Å². The van der Waals surface area contributed by atoms with Gasteiger partial charge in [0.05, 0.1) is 13.7 Å². The number of hydrogen-bond donors (Lipinski definition) is 1. The molecule has 6 heteroatoms. The first-order chi connectivity index (χ1) is 13.7. The molecule has 1 unspecified atom stereocenters. The fraction of sp³-hybridized carbons (Fsp3) is 0.682. The van der Waals surface area contributed by atoms with E-state index in [1.165, 1.54) is 45.3 Å². The van der Waals surface area contributed by atoms with Gasteiger partial charge in [-0.05, 0) is 62.9 Å². The van der Waals surface area contributed by atoms with Crippen molar-refractivity contribution < 1.29 is 9.47 Å². The van der Waals surface area contributed by atoms with Gasteiger partial charge in [-0.15, -0.1) is 0 Å². The Kier molecular flexibility index (Phi) is 7.83. The Bertz CT molecular complexity index is 643. The molecule has 2 aliphatic heterocycles. The highest BCUT2D eigenvalue weighted by molar-refractivity contribution is 5.80. The Balaban J connectivity index is 1.51. The quantitative estimate of drug-likeness (QED) is 0.575. The molecule has 6 nitrogen and oxygen atoms in total. The number of hydrogen-bond acceptors (Lipinski definition) is 4. The highest BCUT2D eigenvalue weighted by Gasteiger charge is 2.26. The van der Waals surface area contributed by atoms with E-state index >= 15 is 0 Å². The number of methoxy groups -OCH3 is 1. The lowest BCUT2D eigenvalue weighted by Crippen LogP contribution is -2.41. The molecular formula is C22H36N4O2. The van der Waals surface area contributed by atoms with E-state index in [0.717, 1.165) is 48.6 Å². The van der Waals surface area contributed by atoms with Gasteiger partial charge in [0.1, 0.15) is 0 Å². The maximum atomic E-state index is 5.69. The van der Waals surface area contributed by atoms with Gasteiger partial charge in [-0.1, -0.05) is 12.5 Å². The van der Waals surface area contributed by atoms with Crippen LogP contribution in [0.1, 0.15) is 38.2 Å². The van der Waals surface area contributed by atoms with Gasteiger partial charge in [0.2, 0.25) is 0 Å². The summed E-state index contributed by atoms with van der Waals surface area (Å²) >= 11 is 0. The fourth-order valence-corrected chi connectivity index (χ4v) is 4.29. The van der Waals surface area contributed by atoms with E-state index in [9.17, 15) is 0 Å². The average Bonchev–Trinajstić information content (AvgIpc) is 3.18. The molecule has 2 heterocycles. The number of nitrogens with zero attached hydrogens (tertiary/aromatic N) is 3. The van der Waals surface area contributed by atoms with Crippen LogP contribution in [0.4, 0.5) is 0 Å². The van der Waals surface area contributed by atoms with E-state index in [1.807, 2.05) is 26.1 Å². The van der Waals surface area contributed by atoms with E-state index in [1.54, 1.807) is 7.11 Å². The summed E-state index contributed by atoms with van der Waals surface area (Å²) in [5.41, 5.74) is 1.16. The van der Waals surface area contributed by atoms with Gasteiger partial charge in [-0.2, -0.15) is 0 Å². The van der Waals surface area contributed by atoms with Gasteiger partial charge < -0.3 is 24.6 Å². The first-order valence-electron chi connectivity index (χ1n) is 10.7. The Morgan fingerprint density at radius 2 is 2.00 bits per heavy atom. The van der Waals surface area contributed by atoms with Crippen molar-refractivity contribution >= 4 is 5.96 Å². The maximum absolute atomic E-state index is 5.69. The lowest BCUT2D eigenvalue weighted by molar-refractivity contribution is 0.198. The summed E-state index contributed by atoms with van der Waals surface area (Å²) in [6, 6.07) is 6.09. The van der Waals surface area contributed by atoms with Crippen molar-refractivity contribution in [2.24, 2.45) is 10.9 Å². The molecule has 28 heavy (non-hydrogen) atoms. The minimum absolute atomic E-state index is 0.626. The molecule has 0 spiro atoms. The zero-order valence-electron chi connectivity index (χ0n) is 17.7. The summed E-state index contributed by atoms with van der Waals surface area (Å²) in [7, 11) is 3.55. The Labute approximate surface area is 169 Å². The molecule has 156 valence electrons. The Morgan fingerprint density at radius 1 is 1.18 bits per heavy atom. The predicted molar refractivity (Wildman–Crippen MR) is 114 cm³/mol. The first kappa shape index (κ1) is 20.8. The summed E-state index contributed by atoms with van der Waals surface area (Å²) in [4.78, 5) is 9.58. The third kappa shape index (κ3) is 5.53. The number of benzene rings is 1. The third-order valence-corrected chi connectivity index (χ3v) is 5.74. The maximum Gasteiger partial charge on any atom is 0.193 e. The summed E-state index contributed by atoms with van der Waals surface area (Å²) in [5, 5.41) is 3.52. The molecule has 0 amide bonds. The third-order valence-electron chi connectivity index (χ3n) is 5.74. The summed E-state index contributed by atoms with van der Waals surface area (Å²) in [6.07, 6.45) is 5.39. The minimum Gasteiger partial charge on any atom is -0.493 e. The molecule has 0 bridgehead atoms. The zero-order valence-corrected chi connectivity index (χ0v) is 17.7. The minimum atomic E-state index is 0.626. The van der Waals surface area contributed by atoms with Crippen molar-refractivity contribution in [3.05, 3.63) is 23.8 Å². The number of ether oxygens (including phenoxy) is 2. The van der Waals surface area contributed by atoms with Crippen LogP contribution in [0.25, 0.3) is 0 Å². The lowest BCUT2D eigenvalue weighted by atomic mass is 10.1. The van der Waals surface area contributed by atoms with Crippen LogP contribution < -0.4 is 14.8 Å². The molecule has 0 aliphatic carbocycles.